The van der Waals surface area contributed by atoms with Crippen molar-refractivity contribution in [2.45, 2.75) is 38.8 Å². The van der Waals surface area contributed by atoms with E-state index in [0.29, 0.717) is 19.1 Å². The minimum Gasteiger partial charge on any atom is -0.379 e. The lowest BCUT2D eigenvalue weighted by Crippen LogP contribution is -2.40. The normalized spacial score (nSPS) is 13.6. The summed E-state index contributed by atoms with van der Waals surface area (Å²) in [5, 5.41) is 5.80. The van der Waals surface area contributed by atoms with Crippen LogP contribution in [0.15, 0.2) is 0 Å². The molecule has 0 heterocycles. The maximum Gasteiger partial charge on any atom is 0.312 e. The first-order valence-corrected chi connectivity index (χ1v) is 5.19. The number of amides is 2. The maximum atomic E-state index is 10.4. The highest BCUT2D eigenvalue weighted by Crippen LogP contribution is 2.14. The first-order chi connectivity index (χ1) is 6.87. The van der Waals surface area contributed by atoms with E-state index >= 15 is 0 Å². The van der Waals surface area contributed by atoms with E-state index in [-0.39, 0.29) is 5.60 Å². The molecule has 0 aromatic heterocycles. The van der Waals surface area contributed by atoms with Crippen LogP contribution in [-0.4, -0.2) is 37.9 Å². The molecule has 0 spiro atoms. The Morgan fingerprint density at radius 3 is 2.53 bits per heavy atom. The molecule has 4 N–H and O–H groups in total. The highest BCUT2D eigenvalue weighted by Gasteiger charge is 2.19. The van der Waals surface area contributed by atoms with E-state index in [1.54, 1.807) is 7.11 Å². The third-order valence-corrected chi connectivity index (χ3v) is 2.27. The molecule has 0 saturated carbocycles. The number of primary amides is 1. The van der Waals surface area contributed by atoms with Gasteiger partial charge in [-0.2, -0.15) is 0 Å². The van der Waals surface area contributed by atoms with Gasteiger partial charge in [-0.05, 0) is 27.2 Å². The van der Waals surface area contributed by atoms with Crippen molar-refractivity contribution < 1.29 is 9.53 Å². The summed E-state index contributed by atoms with van der Waals surface area (Å²) < 4.78 is 5.32. The summed E-state index contributed by atoms with van der Waals surface area (Å²) >= 11 is 0. The number of carbonyl (C=O) groups is 1. The molecule has 90 valence electrons. The average molecular weight is 217 g/mol. The number of hydrogen-bond donors (Lipinski definition) is 3. The summed E-state index contributed by atoms with van der Waals surface area (Å²) in [6.45, 7) is 7.45. The van der Waals surface area contributed by atoms with Gasteiger partial charge in [0.15, 0.2) is 0 Å². The molecule has 0 aliphatic heterocycles. The van der Waals surface area contributed by atoms with Crippen LogP contribution in [0.4, 0.5) is 4.79 Å². The minimum absolute atomic E-state index is 0.121. The standard InChI is InChI=1S/C10H23N3O2/c1-8(7-10(2,3)15-4)12-5-6-13-9(11)14/h8,12H,5-7H2,1-4H3,(H3,11,13,14). The van der Waals surface area contributed by atoms with Crippen LogP contribution in [0.5, 0.6) is 0 Å². The first-order valence-electron chi connectivity index (χ1n) is 5.19. The highest BCUT2D eigenvalue weighted by atomic mass is 16.5. The zero-order chi connectivity index (χ0) is 11.9. The molecule has 0 aromatic rings. The van der Waals surface area contributed by atoms with Gasteiger partial charge < -0.3 is 21.1 Å². The van der Waals surface area contributed by atoms with E-state index < -0.39 is 6.03 Å². The summed E-state index contributed by atoms with van der Waals surface area (Å²) in [6.07, 6.45) is 0.917. The van der Waals surface area contributed by atoms with Crippen LogP contribution in [0, 0.1) is 0 Å². The predicted octanol–water partition coefficient (Wildman–Crippen LogP) is 0.448. The molecule has 0 saturated heterocycles. The van der Waals surface area contributed by atoms with Gasteiger partial charge in [-0.3, -0.25) is 0 Å². The van der Waals surface area contributed by atoms with E-state index in [1.165, 1.54) is 0 Å². The van der Waals surface area contributed by atoms with Crippen LogP contribution in [0.3, 0.4) is 0 Å². The Labute approximate surface area is 91.7 Å². The maximum absolute atomic E-state index is 10.4. The van der Waals surface area contributed by atoms with Crippen LogP contribution >= 0.6 is 0 Å². The summed E-state index contributed by atoms with van der Waals surface area (Å²) in [4.78, 5) is 10.4. The van der Waals surface area contributed by atoms with Gasteiger partial charge in [-0.1, -0.05) is 0 Å². The van der Waals surface area contributed by atoms with E-state index in [4.69, 9.17) is 10.5 Å². The average Bonchev–Trinajstić information content (AvgIpc) is 2.11. The Morgan fingerprint density at radius 1 is 1.47 bits per heavy atom. The molecule has 0 bridgehead atoms. The smallest absolute Gasteiger partial charge is 0.312 e. The van der Waals surface area contributed by atoms with Crippen LogP contribution in [0.25, 0.3) is 0 Å². The van der Waals surface area contributed by atoms with Gasteiger partial charge in [-0.25, -0.2) is 4.79 Å². The van der Waals surface area contributed by atoms with E-state index in [9.17, 15) is 4.79 Å². The fraction of sp³-hybridized carbons (Fsp3) is 0.900. The van der Waals surface area contributed by atoms with Crippen LogP contribution < -0.4 is 16.4 Å². The number of rotatable bonds is 7. The lowest BCUT2D eigenvalue weighted by atomic mass is 10.00. The number of urea groups is 1. The quantitative estimate of drug-likeness (QED) is 0.542. The number of hydrogen-bond acceptors (Lipinski definition) is 3. The number of nitrogens with two attached hydrogens (primary N) is 1. The molecule has 1 atom stereocenters. The van der Waals surface area contributed by atoms with Crippen LogP contribution in [-0.2, 0) is 4.74 Å². The highest BCUT2D eigenvalue weighted by molar-refractivity contribution is 5.71. The Morgan fingerprint density at radius 2 is 2.07 bits per heavy atom. The summed E-state index contributed by atoms with van der Waals surface area (Å²) in [6, 6.07) is -0.142. The van der Waals surface area contributed by atoms with Crippen molar-refractivity contribution in [3.05, 3.63) is 0 Å². The Balaban J connectivity index is 3.57. The molecule has 0 aliphatic rings. The number of ether oxygens (including phenoxy) is 1. The van der Waals surface area contributed by atoms with Crippen molar-refractivity contribution in [2.75, 3.05) is 20.2 Å². The zero-order valence-corrected chi connectivity index (χ0v) is 10.1. The van der Waals surface area contributed by atoms with Crippen LogP contribution in [0.2, 0.25) is 0 Å². The van der Waals surface area contributed by atoms with Crippen molar-refractivity contribution in [1.82, 2.24) is 10.6 Å². The van der Waals surface area contributed by atoms with Crippen LogP contribution in [0.1, 0.15) is 27.2 Å². The van der Waals surface area contributed by atoms with Gasteiger partial charge in [0.25, 0.3) is 0 Å². The lowest BCUT2D eigenvalue weighted by Gasteiger charge is -2.27. The Hall–Kier alpha value is -0.810. The molecule has 2 amide bonds. The van der Waals surface area contributed by atoms with Crippen molar-refractivity contribution >= 4 is 6.03 Å². The fourth-order valence-corrected chi connectivity index (χ4v) is 1.40. The van der Waals surface area contributed by atoms with Gasteiger partial charge in [-0.15, -0.1) is 0 Å². The molecule has 15 heavy (non-hydrogen) atoms. The van der Waals surface area contributed by atoms with Gasteiger partial charge >= 0.3 is 6.03 Å². The largest absolute Gasteiger partial charge is 0.379 e. The summed E-state index contributed by atoms with van der Waals surface area (Å²) in [7, 11) is 1.71. The van der Waals surface area contributed by atoms with Crippen molar-refractivity contribution in [3.63, 3.8) is 0 Å². The van der Waals surface area contributed by atoms with E-state index in [0.717, 1.165) is 6.42 Å². The first kappa shape index (κ1) is 14.2. The number of carbonyl (C=O) groups excluding carboxylic acids is 1. The van der Waals surface area contributed by atoms with Gasteiger partial charge in [0.05, 0.1) is 5.60 Å². The molecule has 1 unspecified atom stereocenters. The van der Waals surface area contributed by atoms with Crippen molar-refractivity contribution in [1.29, 1.82) is 0 Å². The van der Waals surface area contributed by atoms with Crippen molar-refractivity contribution in [3.8, 4) is 0 Å². The number of nitrogens with one attached hydrogen (secondary N) is 2. The van der Waals surface area contributed by atoms with Gasteiger partial charge in [0, 0.05) is 26.2 Å². The number of methoxy groups -OCH3 is 1. The molecule has 0 fully saturated rings. The third-order valence-electron chi connectivity index (χ3n) is 2.27. The van der Waals surface area contributed by atoms with Gasteiger partial charge in [0.2, 0.25) is 0 Å². The topological polar surface area (TPSA) is 76.4 Å². The molecule has 5 heteroatoms. The van der Waals surface area contributed by atoms with E-state index in [1.807, 2.05) is 13.8 Å². The fourth-order valence-electron chi connectivity index (χ4n) is 1.40. The molecule has 5 nitrogen and oxygen atoms in total. The molecular weight excluding hydrogens is 194 g/mol. The minimum atomic E-state index is -0.485. The second kappa shape index (κ2) is 6.63. The zero-order valence-electron chi connectivity index (χ0n) is 10.1. The van der Waals surface area contributed by atoms with Crippen molar-refractivity contribution in [2.24, 2.45) is 5.73 Å². The predicted molar refractivity (Wildman–Crippen MR) is 60.8 cm³/mol. The lowest BCUT2D eigenvalue weighted by molar-refractivity contribution is 0.00865. The molecule has 0 radical (unpaired) electrons. The van der Waals surface area contributed by atoms with E-state index in [2.05, 4.69) is 17.6 Å². The second-order valence-electron chi connectivity index (χ2n) is 4.31. The third kappa shape index (κ3) is 8.20. The molecule has 0 aliphatic carbocycles. The molecular formula is C10H23N3O2. The Kier molecular flexibility index (Phi) is 6.27. The Bertz CT molecular complexity index is 195. The summed E-state index contributed by atoms with van der Waals surface area (Å²) in [5.74, 6) is 0. The molecule has 0 rings (SSSR count). The second-order valence-corrected chi connectivity index (χ2v) is 4.31. The van der Waals surface area contributed by atoms with Gasteiger partial charge in [0.1, 0.15) is 0 Å². The SMILES string of the molecule is COC(C)(C)CC(C)NCCNC(N)=O. The molecule has 0 aromatic carbocycles. The monoisotopic (exact) mass is 217 g/mol. The summed E-state index contributed by atoms with van der Waals surface area (Å²) in [5.41, 5.74) is 4.81.